The Bertz CT molecular complexity index is 905. The number of hydrogen-bond acceptors (Lipinski definition) is 3. The molecule has 0 unspecified atom stereocenters. The molecule has 2 aromatic carbocycles. The molecule has 0 saturated carbocycles. The summed E-state index contributed by atoms with van der Waals surface area (Å²) in [5.41, 5.74) is 3.91. The number of benzene rings is 2. The predicted molar refractivity (Wildman–Crippen MR) is 103 cm³/mol. The summed E-state index contributed by atoms with van der Waals surface area (Å²) >= 11 is 8.13. The van der Waals surface area contributed by atoms with Crippen molar-refractivity contribution in [2.75, 3.05) is 0 Å². The molecule has 1 amide bonds. The van der Waals surface area contributed by atoms with Crippen molar-refractivity contribution in [1.82, 2.24) is 5.43 Å². The quantitative estimate of drug-likeness (QED) is 0.347. The number of hydrogen-bond donors (Lipinski definition) is 1. The van der Waals surface area contributed by atoms with Gasteiger partial charge in [0.15, 0.2) is 0 Å². The van der Waals surface area contributed by atoms with Crippen LogP contribution in [0.3, 0.4) is 0 Å². The Labute approximate surface area is 157 Å². The highest BCUT2D eigenvalue weighted by atomic mass is 127. The van der Waals surface area contributed by atoms with E-state index in [1.165, 1.54) is 6.21 Å². The van der Waals surface area contributed by atoms with E-state index < -0.39 is 0 Å². The van der Waals surface area contributed by atoms with E-state index in [4.69, 9.17) is 16.0 Å². The van der Waals surface area contributed by atoms with E-state index in [9.17, 15) is 4.79 Å². The number of nitrogens with zero attached hydrogens (tertiary/aromatic N) is 1. The molecule has 120 valence electrons. The molecule has 3 rings (SSSR count). The first-order chi connectivity index (χ1) is 11.6. The van der Waals surface area contributed by atoms with Crippen LogP contribution in [0.1, 0.15) is 16.1 Å². The second kappa shape index (κ2) is 7.63. The number of halogens is 2. The summed E-state index contributed by atoms with van der Waals surface area (Å²) in [5.74, 6) is 0.946. The van der Waals surface area contributed by atoms with Gasteiger partial charge in [-0.05, 0) is 65.1 Å². The maximum atomic E-state index is 12.0. The SMILES string of the molecule is O=C(NN=Cc1ccc(-c2cccc(Cl)c2)o1)c1cccc(I)c1. The molecule has 0 saturated heterocycles. The van der Waals surface area contributed by atoms with Gasteiger partial charge in [0.25, 0.3) is 5.91 Å². The molecule has 6 heteroatoms. The zero-order chi connectivity index (χ0) is 16.9. The van der Waals surface area contributed by atoms with E-state index in [0.717, 1.165) is 9.13 Å². The largest absolute Gasteiger partial charge is 0.455 e. The third-order valence-corrected chi connectivity index (χ3v) is 4.09. The van der Waals surface area contributed by atoms with Crippen molar-refractivity contribution in [1.29, 1.82) is 0 Å². The Hall–Kier alpha value is -2.12. The first kappa shape index (κ1) is 16.7. The first-order valence-corrected chi connectivity index (χ1v) is 8.52. The summed E-state index contributed by atoms with van der Waals surface area (Å²) < 4.78 is 6.66. The topological polar surface area (TPSA) is 54.6 Å². The average Bonchev–Trinajstić information content (AvgIpc) is 3.04. The molecule has 0 bridgehead atoms. The summed E-state index contributed by atoms with van der Waals surface area (Å²) in [6.45, 7) is 0. The van der Waals surface area contributed by atoms with Crippen LogP contribution in [0.5, 0.6) is 0 Å². The second-order valence-electron chi connectivity index (χ2n) is 4.92. The summed E-state index contributed by atoms with van der Waals surface area (Å²) in [7, 11) is 0. The average molecular weight is 451 g/mol. The molecule has 0 aliphatic heterocycles. The van der Waals surface area contributed by atoms with Gasteiger partial charge in [-0.25, -0.2) is 5.43 Å². The number of nitrogens with one attached hydrogen (secondary N) is 1. The fourth-order valence-electron chi connectivity index (χ4n) is 2.07. The molecule has 0 radical (unpaired) electrons. The molecular weight excluding hydrogens is 439 g/mol. The van der Waals surface area contributed by atoms with Gasteiger partial charge in [0, 0.05) is 19.7 Å². The van der Waals surface area contributed by atoms with Gasteiger partial charge in [0.1, 0.15) is 11.5 Å². The minimum atomic E-state index is -0.272. The van der Waals surface area contributed by atoms with Crippen molar-refractivity contribution >= 4 is 46.3 Å². The fraction of sp³-hybridized carbons (Fsp3) is 0. The summed E-state index contributed by atoms with van der Waals surface area (Å²) in [6.07, 6.45) is 1.46. The standard InChI is InChI=1S/C18H12ClIN2O2/c19-14-5-1-3-12(9-14)17-8-7-16(24-17)11-21-22-18(23)13-4-2-6-15(20)10-13/h1-11H,(H,22,23). The van der Waals surface area contributed by atoms with Gasteiger partial charge in [-0.15, -0.1) is 0 Å². The number of rotatable bonds is 4. The van der Waals surface area contributed by atoms with Gasteiger partial charge in [0.2, 0.25) is 0 Å². The molecule has 0 atom stereocenters. The maximum Gasteiger partial charge on any atom is 0.271 e. The Morgan fingerprint density at radius 1 is 1.12 bits per heavy atom. The van der Waals surface area contributed by atoms with Gasteiger partial charge in [0.05, 0.1) is 6.21 Å². The highest BCUT2D eigenvalue weighted by Gasteiger charge is 2.05. The van der Waals surface area contributed by atoms with Crippen LogP contribution in [0.4, 0.5) is 0 Å². The number of carbonyl (C=O) groups excluding carboxylic acids is 1. The van der Waals surface area contributed by atoms with Gasteiger partial charge in [-0.2, -0.15) is 5.10 Å². The fourth-order valence-corrected chi connectivity index (χ4v) is 2.80. The smallest absolute Gasteiger partial charge is 0.271 e. The molecular formula is C18H12ClIN2O2. The minimum Gasteiger partial charge on any atom is -0.455 e. The third-order valence-electron chi connectivity index (χ3n) is 3.18. The van der Waals surface area contributed by atoms with Gasteiger partial charge >= 0.3 is 0 Å². The molecule has 0 aliphatic rings. The van der Waals surface area contributed by atoms with Gasteiger partial charge in [-0.3, -0.25) is 4.79 Å². The van der Waals surface area contributed by atoms with Crippen LogP contribution < -0.4 is 5.43 Å². The number of hydrazone groups is 1. The zero-order valence-electron chi connectivity index (χ0n) is 12.4. The molecule has 1 aromatic heterocycles. The second-order valence-corrected chi connectivity index (χ2v) is 6.60. The van der Waals surface area contributed by atoms with Crippen LogP contribution in [0.25, 0.3) is 11.3 Å². The Morgan fingerprint density at radius 2 is 1.96 bits per heavy atom. The van der Waals surface area contributed by atoms with E-state index in [1.807, 2.05) is 36.4 Å². The molecule has 0 fully saturated rings. The van der Waals surface area contributed by atoms with Crippen LogP contribution in [-0.2, 0) is 0 Å². The summed E-state index contributed by atoms with van der Waals surface area (Å²) in [5, 5.41) is 4.57. The minimum absolute atomic E-state index is 0.272. The molecule has 0 spiro atoms. The van der Waals surface area contributed by atoms with Crippen molar-refractivity contribution < 1.29 is 9.21 Å². The van der Waals surface area contributed by atoms with Gasteiger partial charge in [-0.1, -0.05) is 29.8 Å². The Kier molecular flexibility index (Phi) is 5.32. The van der Waals surface area contributed by atoms with Crippen molar-refractivity contribution in [2.24, 2.45) is 5.10 Å². The highest BCUT2D eigenvalue weighted by molar-refractivity contribution is 14.1. The molecule has 1 heterocycles. The zero-order valence-corrected chi connectivity index (χ0v) is 15.3. The normalized spacial score (nSPS) is 10.9. The van der Waals surface area contributed by atoms with Crippen molar-refractivity contribution in [3.05, 3.63) is 80.6 Å². The van der Waals surface area contributed by atoms with Crippen LogP contribution in [0, 0.1) is 3.57 Å². The predicted octanol–water partition coefficient (Wildman–Crippen LogP) is 4.97. The van der Waals surface area contributed by atoms with E-state index in [0.29, 0.717) is 22.1 Å². The molecule has 24 heavy (non-hydrogen) atoms. The lowest BCUT2D eigenvalue weighted by Crippen LogP contribution is -2.17. The van der Waals surface area contributed by atoms with Gasteiger partial charge < -0.3 is 4.42 Å². The molecule has 1 N–H and O–H groups in total. The number of carbonyl (C=O) groups is 1. The van der Waals surface area contributed by atoms with E-state index >= 15 is 0 Å². The Morgan fingerprint density at radius 3 is 2.75 bits per heavy atom. The van der Waals surface area contributed by atoms with Crippen molar-refractivity contribution in [3.8, 4) is 11.3 Å². The van der Waals surface area contributed by atoms with Crippen LogP contribution in [-0.4, -0.2) is 12.1 Å². The highest BCUT2D eigenvalue weighted by Crippen LogP contribution is 2.24. The van der Waals surface area contributed by atoms with E-state index in [-0.39, 0.29) is 5.91 Å². The first-order valence-electron chi connectivity index (χ1n) is 7.06. The molecule has 3 aromatic rings. The number of furan rings is 1. The third kappa shape index (κ3) is 4.24. The van der Waals surface area contributed by atoms with E-state index in [2.05, 4.69) is 33.1 Å². The van der Waals surface area contributed by atoms with Crippen LogP contribution >= 0.6 is 34.2 Å². The summed E-state index contributed by atoms with van der Waals surface area (Å²) in [4.78, 5) is 12.0. The Balaban J connectivity index is 1.66. The van der Waals surface area contributed by atoms with Crippen molar-refractivity contribution in [3.63, 3.8) is 0 Å². The van der Waals surface area contributed by atoms with Crippen molar-refractivity contribution in [2.45, 2.75) is 0 Å². The molecule has 4 nitrogen and oxygen atoms in total. The monoisotopic (exact) mass is 450 g/mol. The lowest BCUT2D eigenvalue weighted by atomic mass is 10.2. The van der Waals surface area contributed by atoms with Crippen LogP contribution in [0.15, 0.2) is 70.2 Å². The number of amides is 1. The molecule has 0 aliphatic carbocycles. The van der Waals surface area contributed by atoms with E-state index in [1.54, 1.807) is 24.3 Å². The summed E-state index contributed by atoms with van der Waals surface area (Å²) in [6, 6.07) is 18.3. The van der Waals surface area contributed by atoms with Crippen LogP contribution in [0.2, 0.25) is 5.02 Å². The lowest BCUT2D eigenvalue weighted by Gasteiger charge is -1.99. The lowest BCUT2D eigenvalue weighted by molar-refractivity contribution is 0.0955. The maximum absolute atomic E-state index is 12.0.